The van der Waals surface area contributed by atoms with Gasteiger partial charge in [0.25, 0.3) is 0 Å². The molecule has 0 aliphatic carbocycles. The van der Waals surface area contributed by atoms with Crippen LogP contribution in [-0.4, -0.2) is 28.1 Å². The van der Waals surface area contributed by atoms with Crippen LogP contribution < -0.4 is 0 Å². The van der Waals surface area contributed by atoms with Gasteiger partial charge in [0.1, 0.15) is 5.60 Å². The number of hydrogen-bond acceptors (Lipinski definition) is 2. The monoisotopic (exact) mass is 378 g/mol. The van der Waals surface area contributed by atoms with Crippen molar-refractivity contribution in [1.82, 2.24) is 9.88 Å². The van der Waals surface area contributed by atoms with E-state index < -0.39 is 5.60 Å². The Morgan fingerprint density at radius 2 is 1.75 bits per heavy atom. The van der Waals surface area contributed by atoms with Crippen LogP contribution in [0.4, 0.5) is 4.79 Å². The molecular weight excluding hydrogens is 348 g/mol. The number of carbonyl (C=O) groups excluding carboxylic acids is 1. The van der Waals surface area contributed by atoms with Crippen molar-refractivity contribution in [2.75, 3.05) is 6.54 Å². The van der Waals surface area contributed by atoms with Crippen LogP contribution in [0.2, 0.25) is 0 Å². The number of hydrogen-bond donors (Lipinski definition) is 1. The van der Waals surface area contributed by atoms with Gasteiger partial charge in [0.05, 0.1) is 6.04 Å². The maximum Gasteiger partial charge on any atom is 0.410 e. The van der Waals surface area contributed by atoms with E-state index in [-0.39, 0.29) is 12.1 Å². The topological polar surface area (TPSA) is 45.3 Å². The molecule has 1 atom stereocenters. The molecule has 0 saturated carbocycles. The lowest BCUT2D eigenvalue weighted by molar-refractivity contribution is 0.0171. The van der Waals surface area contributed by atoms with E-state index in [1.165, 1.54) is 10.9 Å². The van der Waals surface area contributed by atoms with Crippen molar-refractivity contribution in [1.29, 1.82) is 0 Å². The van der Waals surface area contributed by atoms with E-state index >= 15 is 0 Å². The first-order chi connectivity index (χ1) is 13.3. The molecule has 1 amide bonds. The second-order valence-corrected chi connectivity index (χ2v) is 8.22. The summed E-state index contributed by atoms with van der Waals surface area (Å²) in [5.41, 5.74) is 3.04. The van der Waals surface area contributed by atoms with Gasteiger partial charge in [-0.25, -0.2) is 4.79 Å². The zero-order valence-electron chi connectivity index (χ0n) is 17.2. The number of nitrogens with zero attached hydrogens (tertiary/aromatic N) is 1. The molecule has 3 rings (SSSR count). The fourth-order valence-electron chi connectivity index (χ4n) is 3.45. The van der Waals surface area contributed by atoms with Gasteiger partial charge in [-0.1, -0.05) is 48.5 Å². The van der Waals surface area contributed by atoms with Crippen molar-refractivity contribution in [2.24, 2.45) is 0 Å². The van der Waals surface area contributed by atoms with Crippen LogP contribution in [-0.2, 0) is 11.2 Å². The number of para-hydroxylation sites is 1. The number of aromatic nitrogens is 1. The van der Waals surface area contributed by atoms with Gasteiger partial charge < -0.3 is 14.6 Å². The number of amides is 1. The van der Waals surface area contributed by atoms with Crippen LogP contribution in [0.5, 0.6) is 0 Å². The third kappa shape index (κ3) is 4.94. The van der Waals surface area contributed by atoms with Gasteiger partial charge in [-0.15, -0.1) is 0 Å². The lowest BCUT2D eigenvalue weighted by Crippen LogP contribution is -2.39. The van der Waals surface area contributed by atoms with Crippen molar-refractivity contribution in [2.45, 2.75) is 52.2 Å². The van der Waals surface area contributed by atoms with Gasteiger partial charge >= 0.3 is 6.09 Å². The van der Waals surface area contributed by atoms with E-state index in [9.17, 15) is 4.79 Å². The Balaban J connectivity index is 1.72. The Hall–Kier alpha value is -2.75. The fraction of sp³-hybridized carbons (Fsp3) is 0.375. The standard InChI is InChI=1S/C24H30N2O2/c1-18(19-11-6-5-7-12-19)26(23(27)28-24(2,3)4)16-10-13-20-17-25-22-15-9-8-14-21(20)22/h5-9,11-12,14-15,17-18,25H,10,13,16H2,1-4H3/t18-/m0/s1. The van der Waals surface area contributed by atoms with Gasteiger partial charge in [-0.3, -0.25) is 0 Å². The van der Waals surface area contributed by atoms with E-state index in [2.05, 4.69) is 48.4 Å². The second-order valence-electron chi connectivity index (χ2n) is 8.22. The highest BCUT2D eigenvalue weighted by Gasteiger charge is 2.26. The molecule has 3 aromatic rings. The highest BCUT2D eigenvalue weighted by atomic mass is 16.6. The molecule has 0 unspecified atom stereocenters. The third-order valence-electron chi connectivity index (χ3n) is 4.90. The summed E-state index contributed by atoms with van der Waals surface area (Å²) in [7, 11) is 0. The molecule has 148 valence electrons. The molecule has 4 heteroatoms. The average molecular weight is 379 g/mol. The number of nitrogens with one attached hydrogen (secondary N) is 1. The summed E-state index contributed by atoms with van der Waals surface area (Å²) in [6, 6.07) is 18.4. The first kappa shape index (κ1) is 20.0. The number of carbonyl (C=O) groups is 1. The van der Waals surface area contributed by atoms with Gasteiger partial charge in [0.15, 0.2) is 0 Å². The van der Waals surface area contributed by atoms with Crippen LogP contribution in [0, 0.1) is 0 Å². The summed E-state index contributed by atoms with van der Waals surface area (Å²) in [5.74, 6) is 0. The molecule has 4 nitrogen and oxygen atoms in total. The quantitative estimate of drug-likeness (QED) is 0.563. The summed E-state index contributed by atoms with van der Waals surface area (Å²) in [5, 5.41) is 1.25. The maximum absolute atomic E-state index is 12.9. The van der Waals surface area contributed by atoms with E-state index in [1.807, 2.05) is 49.9 Å². The zero-order chi connectivity index (χ0) is 20.1. The lowest BCUT2D eigenvalue weighted by atomic mass is 10.1. The number of ether oxygens (including phenoxy) is 1. The van der Waals surface area contributed by atoms with Crippen molar-refractivity contribution < 1.29 is 9.53 Å². The molecule has 0 spiro atoms. The molecule has 0 fully saturated rings. The third-order valence-corrected chi connectivity index (χ3v) is 4.90. The molecule has 2 aromatic carbocycles. The fourth-order valence-corrected chi connectivity index (χ4v) is 3.45. The molecule has 1 N–H and O–H groups in total. The van der Waals surface area contributed by atoms with Crippen LogP contribution in [0.25, 0.3) is 10.9 Å². The molecule has 1 aromatic heterocycles. The zero-order valence-corrected chi connectivity index (χ0v) is 17.2. The molecule has 28 heavy (non-hydrogen) atoms. The minimum Gasteiger partial charge on any atom is -0.444 e. The summed E-state index contributed by atoms with van der Waals surface area (Å²) >= 11 is 0. The number of aromatic amines is 1. The minimum atomic E-state index is -0.511. The van der Waals surface area contributed by atoms with Crippen molar-refractivity contribution in [3.63, 3.8) is 0 Å². The number of aryl methyl sites for hydroxylation is 1. The SMILES string of the molecule is C[C@@H](c1ccccc1)N(CCCc1c[nH]c2ccccc12)C(=O)OC(C)(C)C. The van der Waals surface area contributed by atoms with Gasteiger partial charge in [-0.2, -0.15) is 0 Å². The average Bonchev–Trinajstić information content (AvgIpc) is 3.07. The van der Waals surface area contributed by atoms with Gasteiger partial charge in [-0.05, 0) is 57.7 Å². The number of rotatable bonds is 6. The summed E-state index contributed by atoms with van der Waals surface area (Å²) in [4.78, 5) is 18.0. The summed E-state index contributed by atoms with van der Waals surface area (Å²) < 4.78 is 5.68. The highest BCUT2D eigenvalue weighted by molar-refractivity contribution is 5.83. The molecule has 0 saturated heterocycles. The van der Waals surface area contributed by atoms with Crippen molar-refractivity contribution in [3.8, 4) is 0 Å². The Kier molecular flexibility index (Phi) is 6.08. The molecular formula is C24H30N2O2. The number of H-pyrrole nitrogens is 1. The van der Waals surface area contributed by atoms with Crippen molar-refractivity contribution in [3.05, 3.63) is 71.9 Å². The molecule has 0 radical (unpaired) electrons. The number of fused-ring (bicyclic) bond motifs is 1. The Morgan fingerprint density at radius 3 is 2.46 bits per heavy atom. The lowest BCUT2D eigenvalue weighted by Gasteiger charge is -2.32. The van der Waals surface area contributed by atoms with E-state index in [1.54, 1.807) is 0 Å². The summed E-state index contributed by atoms with van der Waals surface area (Å²) in [6.45, 7) is 8.42. The predicted octanol–water partition coefficient (Wildman–Crippen LogP) is 6.10. The van der Waals surface area contributed by atoms with E-state index in [0.717, 1.165) is 23.9 Å². The normalized spacial score (nSPS) is 12.7. The maximum atomic E-state index is 12.9. The smallest absolute Gasteiger partial charge is 0.410 e. The van der Waals surface area contributed by atoms with Gasteiger partial charge in [0.2, 0.25) is 0 Å². The molecule has 0 bridgehead atoms. The summed E-state index contributed by atoms with van der Waals surface area (Å²) in [6.07, 6.45) is 3.59. The van der Waals surface area contributed by atoms with E-state index in [4.69, 9.17) is 4.74 Å². The Morgan fingerprint density at radius 1 is 1.07 bits per heavy atom. The minimum absolute atomic E-state index is 0.0426. The Labute approximate surface area is 167 Å². The van der Waals surface area contributed by atoms with Crippen LogP contribution in [0.3, 0.4) is 0 Å². The van der Waals surface area contributed by atoms with Crippen LogP contribution in [0.15, 0.2) is 60.8 Å². The largest absolute Gasteiger partial charge is 0.444 e. The molecule has 0 aliphatic rings. The first-order valence-electron chi connectivity index (χ1n) is 9.95. The second kappa shape index (κ2) is 8.51. The van der Waals surface area contributed by atoms with Gasteiger partial charge in [0, 0.05) is 23.6 Å². The van der Waals surface area contributed by atoms with Crippen LogP contribution >= 0.6 is 0 Å². The molecule has 1 heterocycles. The highest BCUT2D eigenvalue weighted by Crippen LogP contribution is 2.24. The predicted molar refractivity (Wildman–Crippen MR) is 114 cm³/mol. The van der Waals surface area contributed by atoms with Crippen LogP contribution in [0.1, 0.15) is 51.3 Å². The van der Waals surface area contributed by atoms with Crippen molar-refractivity contribution >= 4 is 17.0 Å². The molecule has 0 aliphatic heterocycles. The number of benzene rings is 2. The Bertz CT molecular complexity index is 909. The van der Waals surface area contributed by atoms with E-state index in [0.29, 0.717) is 6.54 Å². The first-order valence-corrected chi connectivity index (χ1v) is 9.95.